The number of halogens is 6. The van der Waals surface area contributed by atoms with Crippen LogP contribution in [0.2, 0.25) is 0 Å². The molecule has 7 saturated heterocycles. The molecular weight excluding hydrogens is 1820 g/mol. The maximum absolute atomic E-state index is 13.9. The normalized spacial score (nSPS) is 24.0. The molecule has 28 nitrogen and oxygen atoms in total. The van der Waals surface area contributed by atoms with E-state index in [1.165, 1.54) is 28.6 Å². The SMILES string of the molecule is CC[C@@H](C)C(=O)N[C@H](C(=O)N1CC[C@@H]2[C@H]1[C@@H](COc1ccc(F)c(C)c1)CN2C(C)=O)C(C)(C)C.CC[C@@H](C)C(=O)N[C@H](C(=O)N1CC[C@@H]2[C@H]1[C@@H](COc1ccc(F)c(F)c1)CN2S(C)(=O)=O)C(C)(C)C.CC[C@@H](C)C(=O)N[C@H](C(=O)N1CC[C@@H]2[C@H]1[C@@H](OCc1ccc(F)c(F)c1)CN2C(=O)NC)C(C)(C)C.CC[C@@H](C)C(=O)N[C@H](C(=O)N1CC[C@H]2CC[C@H](COc3ccc(F)c(C)c3)[C@H]21)C(C)(C)C. The Morgan fingerprint density at radius 3 is 1.12 bits per heavy atom. The van der Waals surface area contributed by atoms with Crippen LogP contribution in [0.25, 0.3) is 0 Å². The van der Waals surface area contributed by atoms with Crippen LogP contribution in [0.15, 0.2) is 72.8 Å². The number of rotatable bonds is 29. The van der Waals surface area contributed by atoms with Gasteiger partial charge in [-0.05, 0) is 183 Å². The molecule has 5 N–H and O–H groups in total. The molecule has 0 radical (unpaired) electrons. The summed E-state index contributed by atoms with van der Waals surface area (Å²) in [5.74, 6) is -4.83. The van der Waals surface area contributed by atoms with Crippen molar-refractivity contribution in [2.75, 3.05) is 78.9 Å². The van der Waals surface area contributed by atoms with Gasteiger partial charge in [0.05, 0.1) is 75.5 Å². The van der Waals surface area contributed by atoms with E-state index in [4.69, 9.17) is 18.9 Å². The summed E-state index contributed by atoms with van der Waals surface area (Å²) in [7, 11) is -2.01. The number of benzene rings is 4. The van der Waals surface area contributed by atoms with Crippen LogP contribution < -0.4 is 40.8 Å². The number of urea groups is 1. The standard InChI is InChI=1S/C27H40FN3O4.C26H38F2N4O4.C26H39FN2O3.C25H37F2N3O5S/c1-8-16(2)25(33)29-24(27(5,6)7)26(34)30-12-11-22-23(30)19(14-31(22)18(4)32)15-35-20-9-10-21(28)17(3)13-20;1-7-15(2)23(33)30-22(26(3,4)5)24(34)31-11-10-19-21(31)20(13-32(19)25(35)29-6)36-14-16-8-9-17(27)18(28)12-16;1-7-16(2)24(30)28-23(26(4,5)6)25(31)29-13-12-18-8-9-19(22(18)29)15-32-20-10-11-21(27)17(3)14-20;1-7-15(2)23(31)28-22(25(3,4)5)24(32)29-11-10-20-21(29)16(13-30(20)36(6,33)34)14-35-17-8-9-18(26)19(27)12-17/h9-10,13,16,19,22-24H,8,11-12,14-15H2,1-7H3,(H,29,33);8-9,12,15,19-22H,7,10-11,13-14H2,1-6H3,(H,29,35)(H,30,33);10-11,14,16,18-19,22-23H,7-9,12-13,15H2,1-6H3,(H,28,30);8-9,12,15-16,20-22H,7,10-11,13-14H2,1-6H3,(H,28,31)/t16-,19-,22-,23-,24-;15-,19-,20+,21+,22-;16-,18-,19-,22+,23-;15-,16-,20-,21-,22-/m1111/s1. The Bertz CT molecular complexity index is 5110. The lowest BCUT2D eigenvalue weighted by Crippen LogP contribution is -2.58. The Hall–Kier alpha value is -9.77. The summed E-state index contributed by atoms with van der Waals surface area (Å²) in [5, 5.41) is 14.6. The number of carbonyl (C=O) groups is 10. The van der Waals surface area contributed by atoms with E-state index < -0.39 is 104 Å². The molecule has 1 aliphatic carbocycles. The first kappa shape index (κ1) is 113. The summed E-state index contributed by atoms with van der Waals surface area (Å²) in [4.78, 5) is 142. The van der Waals surface area contributed by atoms with E-state index in [1.54, 1.807) is 73.7 Å². The predicted octanol–water partition coefficient (Wildman–Crippen LogP) is 14.1. The third-order valence-corrected chi connectivity index (χ3v) is 30.5. The molecule has 12 rings (SSSR count). The molecule has 1 saturated carbocycles. The van der Waals surface area contributed by atoms with Crippen molar-refractivity contribution in [1.82, 2.24) is 60.3 Å². The van der Waals surface area contributed by atoms with E-state index in [9.17, 15) is 82.7 Å². The number of aryl methyl sites for hydroxylation is 2. The van der Waals surface area contributed by atoms with Gasteiger partial charge in [0, 0.05) is 113 Å². The van der Waals surface area contributed by atoms with Crippen LogP contribution >= 0.6 is 0 Å². The maximum Gasteiger partial charge on any atom is 0.317 e. The quantitative estimate of drug-likeness (QED) is 0.0315. The van der Waals surface area contributed by atoms with E-state index >= 15 is 0 Å². The molecule has 8 fully saturated rings. The molecule has 774 valence electrons. The monoisotopic (exact) mass is 1970 g/mol. The highest BCUT2D eigenvalue weighted by atomic mass is 32.2. The van der Waals surface area contributed by atoms with Crippen molar-refractivity contribution in [3.63, 3.8) is 0 Å². The molecule has 0 aromatic heterocycles. The van der Waals surface area contributed by atoms with Crippen LogP contribution in [-0.4, -0.2) is 253 Å². The van der Waals surface area contributed by atoms with Gasteiger partial charge in [0.25, 0.3) is 0 Å². The molecule has 35 heteroatoms. The molecule has 7 heterocycles. The zero-order valence-electron chi connectivity index (χ0n) is 86.2. The first-order valence-electron chi connectivity index (χ1n) is 49.5. The molecule has 139 heavy (non-hydrogen) atoms. The number of nitrogens with one attached hydrogen (secondary N) is 5. The van der Waals surface area contributed by atoms with Gasteiger partial charge in [-0.3, -0.25) is 43.2 Å². The number of carbonyl (C=O) groups excluding carboxylic acids is 10. The van der Waals surface area contributed by atoms with Crippen molar-refractivity contribution in [1.29, 1.82) is 0 Å². The number of amides is 11. The molecule has 4 aromatic carbocycles. The number of fused-ring (bicyclic) bond motifs is 4. The van der Waals surface area contributed by atoms with Gasteiger partial charge in [-0.15, -0.1) is 0 Å². The minimum absolute atomic E-state index is 0.00213. The minimum Gasteiger partial charge on any atom is -0.493 e. The second kappa shape index (κ2) is 47.4. The highest BCUT2D eigenvalue weighted by Gasteiger charge is 2.59. The Morgan fingerprint density at radius 2 is 0.748 bits per heavy atom. The smallest absolute Gasteiger partial charge is 0.317 e. The summed E-state index contributed by atoms with van der Waals surface area (Å²) < 4.78 is 132. The number of hydrogen-bond acceptors (Lipinski definition) is 16. The van der Waals surface area contributed by atoms with Gasteiger partial charge in [-0.25, -0.2) is 39.6 Å². The molecule has 4 aromatic rings. The van der Waals surface area contributed by atoms with Gasteiger partial charge < -0.3 is 74.9 Å². The molecule has 20 atom stereocenters. The van der Waals surface area contributed by atoms with Gasteiger partial charge in [-0.1, -0.05) is 145 Å². The molecular formula is C104H154F6N12O16S. The Balaban J connectivity index is 0.000000207. The fourth-order valence-corrected chi connectivity index (χ4v) is 21.3. The van der Waals surface area contributed by atoms with Crippen molar-refractivity contribution in [2.45, 2.75) is 303 Å². The van der Waals surface area contributed by atoms with E-state index in [2.05, 4.69) is 26.6 Å². The number of nitrogens with zero attached hydrogens (tertiary/aromatic N) is 7. The lowest BCUT2D eigenvalue weighted by molar-refractivity contribution is -0.143. The Kier molecular flexibility index (Phi) is 38.5. The number of hydrogen-bond donors (Lipinski definition) is 5. The molecule has 0 bridgehead atoms. The van der Waals surface area contributed by atoms with E-state index in [0.717, 1.165) is 62.7 Å². The van der Waals surface area contributed by atoms with Crippen LogP contribution in [0, 0.1) is 118 Å². The summed E-state index contributed by atoms with van der Waals surface area (Å²) in [6.07, 6.45) is 8.17. The van der Waals surface area contributed by atoms with Gasteiger partial charge in [-0.2, -0.15) is 4.31 Å². The minimum atomic E-state index is -3.56. The highest BCUT2D eigenvalue weighted by Crippen LogP contribution is 2.46. The first-order chi connectivity index (χ1) is 64.9. The van der Waals surface area contributed by atoms with E-state index in [1.807, 2.05) is 146 Å². The van der Waals surface area contributed by atoms with Crippen LogP contribution in [0.4, 0.5) is 31.1 Å². The van der Waals surface area contributed by atoms with Crippen molar-refractivity contribution >= 4 is 69.2 Å². The van der Waals surface area contributed by atoms with Crippen LogP contribution in [0.1, 0.15) is 226 Å². The molecule has 11 amide bonds. The Morgan fingerprint density at radius 1 is 0.403 bits per heavy atom. The molecule has 0 spiro atoms. The van der Waals surface area contributed by atoms with Crippen molar-refractivity contribution < 1.29 is 102 Å². The van der Waals surface area contributed by atoms with Crippen molar-refractivity contribution in [3.05, 3.63) is 124 Å². The van der Waals surface area contributed by atoms with Gasteiger partial charge in [0.15, 0.2) is 23.3 Å². The topological polar surface area (TPSA) is 325 Å². The predicted molar refractivity (Wildman–Crippen MR) is 519 cm³/mol. The average molecular weight is 1970 g/mol. The fourth-order valence-electron chi connectivity index (χ4n) is 20.2. The third kappa shape index (κ3) is 27.8. The largest absolute Gasteiger partial charge is 0.493 e. The summed E-state index contributed by atoms with van der Waals surface area (Å²) in [6, 6.07) is 11.5. The number of likely N-dealkylation sites (tertiary alicyclic amines) is 6. The molecule has 8 aliphatic rings. The highest BCUT2D eigenvalue weighted by molar-refractivity contribution is 7.88. The van der Waals surface area contributed by atoms with Crippen LogP contribution in [0.3, 0.4) is 0 Å². The Labute approximate surface area is 819 Å². The van der Waals surface area contributed by atoms with Crippen molar-refractivity contribution in [2.24, 2.45) is 69.0 Å². The first-order valence-corrected chi connectivity index (χ1v) is 51.3. The lowest BCUT2D eigenvalue weighted by Gasteiger charge is -2.37. The summed E-state index contributed by atoms with van der Waals surface area (Å²) in [6.45, 7) is 47.0. The van der Waals surface area contributed by atoms with E-state index in [0.29, 0.717) is 112 Å². The van der Waals surface area contributed by atoms with Crippen molar-refractivity contribution in [3.8, 4) is 17.2 Å². The van der Waals surface area contributed by atoms with Gasteiger partial charge in [0.2, 0.25) is 63.2 Å². The van der Waals surface area contributed by atoms with Gasteiger partial charge >= 0.3 is 6.03 Å². The summed E-state index contributed by atoms with van der Waals surface area (Å²) >= 11 is 0. The maximum atomic E-state index is 13.9. The number of ether oxygens (including phenoxy) is 4. The van der Waals surface area contributed by atoms with Gasteiger partial charge in [0.1, 0.15) is 53.1 Å². The van der Waals surface area contributed by atoms with Crippen LogP contribution in [0.5, 0.6) is 17.2 Å². The molecule has 7 aliphatic heterocycles. The summed E-state index contributed by atoms with van der Waals surface area (Å²) in [5.41, 5.74) is -0.462. The zero-order valence-corrected chi connectivity index (χ0v) is 87.0. The fraction of sp³-hybridized carbons (Fsp3) is 0.673. The van der Waals surface area contributed by atoms with Crippen LogP contribution in [-0.2, 0) is 64.5 Å². The lowest BCUT2D eigenvalue weighted by atomic mass is 9.84. The van der Waals surface area contributed by atoms with E-state index in [-0.39, 0.29) is 168 Å². The third-order valence-electron chi connectivity index (χ3n) is 29.2. The average Bonchev–Trinajstić information content (AvgIpc) is 1.60. The second-order valence-electron chi connectivity index (χ2n) is 43.7. The second-order valence-corrected chi connectivity index (χ2v) is 45.6. The zero-order chi connectivity index (χ0) is 103. The molecule has 0 unspecified atom stereocenters. The number of sulfonamides is 1.